The number of carbonyl (C=O) groups is 2. The molecule has 2 amide bonds. The van der Waals surface area contributed by atoms with Crippen molar-refractivity contribution in [1.29, 1.82) is 0 Å². The summed E-state index contributed by atoms with van der Waals surface area (Å²) in [5.41, 5.74) is 0.824. The first-order chi connectivity index (χ1) is 10.7. The molecule has 2 heterocycles. The second-order valence-corrected chi connectivity index (χ2v) is 6.13. The van der Waals surface area contributed by atoms with E-state index in [-0.39, 0.29) is 30.4 Å². The number of fused-ring (bicyclic) bond motifs is 1. The maximum absolute atomic E-state index is 12.2. The van der Waals surface area contributed by atoms with Crippen LogP contribution >= 0.6 is 0 Å². The van der Waals surface area contributed by atoms with E-state index in [2.05, 4.69) is 5.32 Å². The SMILES string of the molecule is O=C(NCC1CC(=O)N(c2ccc3c(c2)OCO3)C1)C1CC1. The highest BCUT2D eigenvalue weighted by molar-refractivity contribution is 5.96. The summed E-state index contributed by atoms with van der Waals surface area (Å²) in [6, 6.07) is 5.54. The lowest BCUT2D eigenvalue weighted by atomic mass is 10.1. The molecule has 116 valence electrons. The first-order valence-electron chi connectivity index (χ1n) is 7.68. The van der Waals surface area contributed by atoms with Gasteiger partial charge in [-0.3, -0.25) is 9.59 Å². The van der Waals surface area contributed by atoms with Crippen molar-refractivity contribution in [2.75, 3.05) is 24.8 Å². The van der Waals surface area contributed by atoms with Crippen LogP contribution in [-0.2, 0) is 9.59 Å². The van der Waals surface area contributed by atoms with Crippen LogP contribution in [0.15, 0.2) is 18.2 Å². The Bertz CT molecular complexity index is 627. The van der Waals surface area contributed by atoms with Crippen LogP contribution in [0.2, 0.25) is 0 Å². The van der Waals surface area contributed by atoms with Gasteiger partial charge in [0.15, 0.2) is 11.5 Å². The first-order valence-corrected chi connectivity index (χ1v) is 7.68. The minimum atomic E-state index is 0.0875. The predicted octanol–water partition coefficient (Wildman–Crippen LogP) is 1.29. The Morgan fingerprint density at radius 3 is 2.91 bits per heavy atom. The van der Waals surface area contributed by atoms with Crippen molar-refractivity contribution in [2.45, 2.75) is 19.3 Å². The molecule has 3 aliphatic rings. The van der Waals surface area contributed by atoms with Crippen LogP contribution in [0.25, 0.3) is 0 Å². The summed E-state index contributed by atoms with van der Waals surface area (Å²) in [4.78, 5) is 25.7. The van der Waals surface area contributed by atoms with Crippen molar-refractivity contribution >= 4 is 17.5 Å². The molecule has 6 nitrogen and oxygen atoms in total. The molecular weight excluding hydrogens is 284 g/mol. The van der Waals surface area contributed by atoms with Gasteiger partial charge in [0.25, 0.3) is 0 Å². The number of hydrogen-bond acceptors (Lipinski definition) is 4. The molecule has 1 aromatic rings. The van der Waals surface area contributed by atoms with Crippen LogP contribution in [0, 0.1) is 11.8 Å². The van der Waals surface area contributed by atoms with E-state index >= 15 is 0 Å². The second-order valence-electron chi connectivity index (χ2n) is 6.13. The Hall–Kier alpha value is -2.24. The van der Waals surface area contributed by atoms with E-state index in [1.165, 1.54) is 0 Å². The lowest BCUT2D eigenvalue weighted by Crippen LogP contribution is -2.32. The van der Waals surface area contributed by atoms with E-state index < -0.39 is 0 Å². The monoisotopic (exact) mass is 302 g/mol. The van der Waals surface area contributed by atoms with Gasteiger partial charge in [-0.1, -0.05) is 0 Å². The van der Waals surface area contributed by atoms with Gasteiger partial charge in [0.2, 0.25) is 18.6 Å². The molecule has 1 aromatic carbocycles. The van der Waals surface area contributed by atoms with Crippen LogP contribution in [0.4, 0.5) is 5.69 Å². The fourth-order valence-electron chi connectivity index (χ4n) is 2.96. The van der Waals surface area contributed by atoms with Gasteiger partial charge in [-0.05, 0) is 25.0 Å². The van der Waals surface area contributed by atoms with E-state index in [1.54, 1.807) is 4.90 Å². The third kappa shape index (κ3) is 2.49. The number of ether oxygens (including phenoxy) is 2. The molecule has 1 atom stereocenters. The van der Waals surface area contributed by atoms with E-state index in [1.807, 2.05) is 18.2 Å². The minimum Gasteiger partial charge on any atom is -0.454 e. The van der Waals surface area contributed by atoms with Gasteiger partial charge in [-0.25, -0.2) is 0 Å². The van der Waals surface area contributed by atoms with Crippen LogP contribution in [0.3, 0.4) is 0 Å². The second kappa shape index (κ2) is 5.19. The van der Waals surface area contributed by atoms with E-state index in [4.69, 9.17) is 9.47 Å². The van der Waals surface area contributed by atoms with Crippen molar-refractivity contribution in [2.24, 2.45) is 11.8 Å². The van der Waals surface area contributed by atoms with Gasteiger partial charge in [0.05, 0.1) is 0 Å². The standard InChI is InChI=1S/C16H18N2O4/c19-15-5-10(7-17-16(20)11-1-2-11)8-18(15)12-3-4-13-14(6-12)22-9-21-13/h3-4,6,10-11H,1-2,5,7-9H2,(H,17,20). The van der Waals surface area contributed by atoms with Crippen molar-refractivity contribution in [1.82, 2.24) is 5.32 Å². The fraction of sp³-hybridized carbons (Fsp3) is 0.500. The number of nitrogens with zero attached hydrogens (tertiary/aromatic N) is 1. The summed E-state index contributed by atoms with van der Waals surface area (Å²) in [5, 5.41) is 2.96. The topological polar surface area (TPSA) is 67.9 Å². The lowest BCUT2D eigenvalue weighted by molar-refractivity contribution is -0.122. The molecule has 22 heavy (non-hydrogen) atoms. The first kappa shape index (κ1) is 13.4. The molecular formula is C16H18N2O4. The normalized spacial score (nSPS) is 23.0. The van der Waals surface area contributed by atoms with Crippen LogP contribution in [0.5, 0.6) is 11.5 Å². The Balaban J connectivity index is 1.40. The summed E-state index contributed by atoms with van der Waals surface area (Å²) in [6.45, 7) is 1.42. The molecule has 1 unspecified atom stereocenters. The number of hydrogen-bond donors (Lipinski definition) is 1. The van der Waals surface area contributed by atoms with Gasteiger partial charge in [-0.2, -0.15) is 0 Å². The summed E-state index contributed by atoms with van der Waals surface area (Å²) < 4.78 is 10.6. The zero-order valence-electron chi connectivity index (χ0n) is 12.2. The number of benzene rings is 1. The highest BCUT2D eigenvalue weighted by Gasteiger charge is 2.34. The van der Waals surface area contributed by atoms with Gasteiger partial charge >= 0.3 is 0 Å². The highest BCUT2D eigenvalue weighted by Crippen LogP contribution is 2.37. The molecule has 0 radical (unpaired) electrons. The summed E-state index contributed by atoms with van der Waals surface area (Å²) in [7, 11) is 0. The molecule has 0 bridgehead atoms. The largest absolute Gasteiger partial charge is 0.454 e. The number of amides is 2. The van der Waals surface area contributed by atoms with Gasteiger partial charge in [-0.15, -0.1) is 0 Å². The van der Waals surface area contributed by atoms with Crippen molar-refractivity contribution < 1.29 is 19.1 Å². The van der Waals surface area contributed by atoms with Gasteiger partial charge < -0.3 is 19.7 Å². The zero-order valence-corrected chi connectivity index (χ0v) is 12.2. The van der Waals surface area contributed by atoms with E-state index in [9.17, 15) is 9.59 Å². The lowest BCUT2D eigenvalue weighted by Gasteiger charge is -2.17. The number of nitrogens with one attached hydrogen (secondary N) is 1. The van der Waals surface area contributed by atoms with E-state index in [0.717, 1.165) is 18.5 Å². The van der Waals surface area contributed by atoms with Gasteiger partial charge in [0.1, 0.15) is 0 Å². The maximum atomic E-state index is 12.2. The minimum absolute atomic E-state index is 0.0875. The Morgan fingerprint density at radius 1 is 1.27 bits per heavy atom. The summed E-state index contributed by atoms with van der Waals surface area (Å²) in [6.07, 6.45) is 2.47. The number of rotatable bonds is 4. The van der Waals surface area contributed by atoms with Crippen molar-refractivity contribution in [3.8, 4) is 11.5 Å². The molecule has 4 rings (SSSR count). The molecule has 1 N–H and O–H groups in total. The average Bonchev–Trinajstić information content (AvgIpc) is 3.15. The fourth-order valence-corrected chi connectivity index (χ4v) is 2.96. The zero-order chi connectivity index (χ0) is 15.1. The van der Waals surface area contributed by atoms with E-state index in [0.29, 0.717) is 31.0 Å². The van der Waals surface area contributed by atoms with Crippen molar-refractivity contribution in [3.05, 3.63) is 18.2 Å². The molecule has 2 aliphatic heterocycles. The number of anilines is 1. The highest BCUT2D eigenvalue weighted by atomic mass is 16.7. The van der Waals surface area contributed by atoms with Gasteiger partial charge in [0, 0.05) is 43.1 Å². The van der Waals surface area contributed by atoms with Crippen LogP contribution in [0.1, 0.15) is 19.3 Å². The Morgan fingerprint density at radius 2 is 2.09 bits per heavy atom. The quantitative estimate of drug-likeness (QED) is 0.910. The maximum Gasteiger partial charge on any atom is 0.231 e. The van der Waals surface area contributed by atoms with Crippen LogP contribution < -0.4 is 19.7 Å². The molecule has 1 saturated heterocycles. The Labute approximate surface area is 128 Å². The molecule has 0 aromatic heterocycles. The Kier molecular flexibility index (Phi) is 3.17. The molecule has 6 heteroatoms. The summed E-state index contributed by atoms with van der Waals surface area (Å²) in [5.74, 6) is 1.99. The average molecular weight is 302 g/mol. The number of carbonyl (C=O) groups excluding carboxylic acids is 2. The molecule has 1 aliphatic carbocycles. The third-order valence-corrected chi connectivity index (χ3v) is 4.39. The predicted molar refractivity (Wildman–Crippen MR) is 78.8 cm³/mol. The van der Waals surface area contributed by atoms with Crippen LogP contribution in [-0.4, -0.2) is 31.7 Å². The molecule has 1 saturated carbocycles. The third-order valence-electron chi connectivity index (χ3n) is 4.39. The van der Waals surface area contributed by atoms with Crippen molar-refractivity contribution in [3.63, 3.8) is 0 Å². The smallest absolute Gasteiger partial charge is 0.231 e. The molecule has 2 fully saturated rings. The molecule has 0 spiro atoms. The summed E-state index contributed by atoms with van der Waals surface area (Å²) >= 11 is 0.